The first-order chi connectivity index (χ1) is 10.1. The molecule has 0 aliphatic carbocycles. The number of carbonyl (C=O) groups is 1. The number of carbonyl (C=O) groups excluding carboxylic acids is 1. The molecule has 1 aliphatic heterocycles. The Labute approximate surface area is 125 Å². The van der Waals surface area contributed by atoms with Crippen molar-refractivity contribution in [1.29, 1.82) is 0 Å². The van der Waals surface area contributed by atoms with Gasteiger partial charge in [-0.1, -0.05) is 18.2 Å². The van der Waals surface area contributed by atoms with Gasteiger partial charge in [0.2, 0.25) is 0 Å². The maximum atomic E-state index is 12.0. The highest BCUT2D eigenvalue weighted by Gasteiger charge is 2.43. The van der Waals surface area contributed by atoms with Gasteiger partial charge in [0.1, 0.15) is 5.54 Å². The number of likely N-dealkylation sites (tertiary alicyclic amines) is 1. The van der Waals surface area contributed by atoms with Crippen LogP contribution in [0, 0.1) is 0 Å². The summed E-state index contributed by atoms with van der Waals surface area (Å²) < 4.78 is 4.99. The Morgan fingerprint density at radius 3 is 3.05 bits per heavy atom. The maximum absolute atomic E-state index is 12.0. The topological polar surface area (TPSA) is 45.3 Å². The van der Waals surface area contributed by atoms with Crippen molar-refractivity contribution >= 4 is 16.9 Å². The highest BCUT2D eigenvalue weighted by atomic mass is 16.5. The van der Waals surface area contributed by atoms with E-state index in [1.54, 1.807) is 0 Å². The zero-order valence-corrected chi connectivity index (χ0v) is 12.7. The summed E-state index contributed by atoms with van der Waals surface area (Å²) in [5, 5.41) is 1.27. The molecule has 0 unspecified atom stereocenters. The number of benzene rings is 1. The lowest BCUT2D eigenvalue weighted by molar-refractivity contribution is -0.152. The number of nitrogens with zero attached hydrogens (tertiary/aromatic N) is 1. The van der Waals surface area contributed by atoms with Crippen LogP contribution in [0.25, 0.3) is 10.9 Å². The molecule has 0 saturated carbocycles. The van der Waals surface area contributed by atoms with Crippen molar-refractivity contribution in [1.82, 2.24) is 9.88 Å². The van der Waals surface area contributed by atoms with Gasteiger partial charge in [0.15, 0.2) is 0 Å². The molecule has 1 saturated heterocycles. The van der Waals surface area contributed by atoms with Gasteiger partial charge in [0.05, 0.1) is 7.11 Å². The number of fused-ring (bicyclic) bond motifs is 1. The average molecular weight is 286 g/mol. The van der Waals surface area contributed by atoms with Crippen molar-refractivity contribution in [2.75, 3.05) is 20.2 Å². The average Bonchev–Trinajstić information content (AvgIpc) is 3.09. The number of rotatable bonds is 4. The number of ether oxygens (including phenoxy) is 1. The number of esters is 1. The molecule has 0 spiro atoms. The molecule has 4 heteroatoms. The predicted molar refractivity (Wildman–Crippen MR) is 83.2 cm³/mol. The minimum atomic E-state index is -0.457. The van der Waals surface area contributed by atoms with Gasteiger partial charge < -0.3 is 9.72 Å². The second-order valence-corrected chi connectivity index (χ2v) is 5.97. The zero-order chi connectivity index (χ0) is 14.9. The van der Waals surface area contributed by atoms with Gasteiger partial charge in [0.25, 0.3) is 0 Å². The fourth-order valence-corrected chi connectivity index (χ4v) is 3.42. The molecular formula is C17H22N2O2. The van der Waals surface area contributed by atoms with Gasteiger partial charge in [-0.2, -0.15) is 0 Å². The highest BCUT2D eigenvalue weighted by Crippen LogP contribution is 2.30. The molecule has 1 aliphatic rings. The van der Waals surface area contributed by atoms with Crippen LogP contribution in [0.3, 0.4) is 0 Å². The largest absolute Gasteiger partial charge is 0.468 e. The number of H-pyrrole nitrogens is 1. The summed E-state index contributed by atoms with van der Waals surface area (Å²) >= 11 is 0. The Hall–Kier alpha value is -1.81. The number of para-hydroxylation sites is 1. The predicted octanol–water partition coefficient (Wildman–Crippen LogP) is 2.74. The van der Waals surface area contributed by atoms with Crippen molar-refractivity contribution in [3.63, 3.8) is 0 Å². The molecule has 4 nitrogen and oxygen atoms in total. The third kappa shape index (κ3) is 2.44. The van der Waals surface area contributed by atoms with Crippen LogP contribution in [0.1, 0.15) is 25.3 Å². The first-order valence-corrected chi connectivity index (χ1v) is 7.53. The molecular weight excluding hydrogens is 264 g/mol. The summed E-state index contributed by atoms with van der Waals surface area (Å²) in [7, 11) is 1.48. The van der Waals surface area contributed by atoms with Crippen LogP contribution in [0.15, 0.2) is 30.5 Å². The smallest absolute Gasteiger partial charge is 0.325 e. The third-order valence-corrected chi connectivity index (χ3v) is 4.74. The molecule has 2 aromatic rings. The standard InChI is InChI=1S/C17H22N2O2/c1-17(16(20)21-2)9-5-10-19(17)11-8-13-12-18-15-7-4-3-6-14(13)15/h3-4,6-7,12,18H,5,8-11H2,1-2H3/t17-/m0/s1. The van der Waals surface area contributed by atoms with Crippen molar-refractivity contribution in [2.45, 2.75) is 31.7 Å². The van der Waals surface area contributed by atoms with Crippen molar-refractivity contribution in [3.05, 3.63) is 36.0 Å². The van der Waals surface area contributed by atoms with Gasteiger partial charge in [-0.3, -0.25) is 9.69 Å². The van der Waals surface area contributed by atoms with Gasteiger partial charge in [-0.15, -0.1) is 0 Å². The molecule has 2 heterocycles. The molecule has 1 aromatic heterocycles. The van der Waals surface area contributed by atoms with E-state index in [9.17, 15) is 4.79 Å². The van der Waals surface area contributed by atoms with E-state index in [0.717, 1.165) is 32.4 Å². The zero-order valence-electron chi connectivity index (χ0n) is 12.7. The van der Waals surface area contributed by atoms with E-state index in [2.05, 4.69) is 34.3 Å². The number of aromatic amines is 1. The SMILES string of the molecule is COC(=O)[C@]1(C)CCCN1CCc1c[nH]c2ccccc12. The lowest BCUT2D eigenvalue weighted by atomic mass is 9.98. The molecule has 1 N–H and O–H groups in total. The highest BCUT2D eigenvalue weighted by molar-refractivity contribution is 5.83. The molecule has 3 rings (SSSR count). The van der Waals surface area contributed by atoms with Crippen LogP contribution in [0.5, 0.6) is 0 Å². The molecule has 112 valence electrons. The quantitative estimate of drug-likeness (QED) is 0.879. The Bertz CT molecular complexity index is 649. The van der Waals surface area contributed by atoms with E-state index in [-0.39, 0.29) is 5.97 Å². The molecule has 0 radical (unpaired) electrons. The number of methoxy groups -OCH3 is 1. The van der Waals surface area contributed by atoms with E-state index in [0.29, 0.717) is 0 Å². The first kappa shape index (κ1) is 14.1. The molecule has 0 bridgehead atoms. The van der Waals surface area contributed by atoms with E-state index in [1.807, 2.05) is 13.0 Å². The van der Waals surface area contributed by atoms with Crippen LogP contribution >= 0.6 is 0 Å². The monoisotopic (exact) mass is 286 g/mol. The summed E-state index contributed by atoms with van der Waals surface area (Å²) in [6.07, 6.45) is 4.96. The molecule has 21 heavy (non-hydrogen) atoms. The van der Waals surface area contributed by atoms with Crippen LogP contribution in [-0.4, -0.2) is 41.6 Å². The van der Waals surface area contributed by atoms with Crippen LogP contribution in [-0.2, 0) is 16.0 Å². The van der Waals surface area contributed by atoms with Gasteiger partial charge >= 0.3 is 5.97 Å². The van der Waals surface area contributed by atoms with E-state index in [4.69, 9.17) is 4.74 Å². The first-order valence-electron chi connectivity index (χ1n) is 7.53. The van der Waals surface area contributed by atoms with Crippen LogP contribution in [0.2, 0.25) is 0 Å². The number of aromatic nitrogens is 1. The summed E-state index contributed by atoms with van der Waals surface area (Å²) in [4.78, 5) is 17.6. The van der Waals surface area contributed by atoms with Crippen LogP contribution in [0.4, 0.5) is 0 Å². The molecule has 1 aromatic carbocycles. The van der Waals surface area contributed by atoms with Crippen LogP contribution < -0.4 is 0 Å². The number of hydrogen-bond donors (Lipinski definition) is 1. The van der Waals surface area contributed by atoms with E-state index in [1.165, 1.54) is 23.6 Å². The number of hydrogen-bond acceptors (Lipinski definition) is 3. The molecule has 1 fully saturated rings. The lowest BCUT2D eigenvalue weighted by Crippen LogP contribution is -2.49. The Morgan fingerprint density at radius 2 is 2.24 bits per heavy atom. The van der Waals surface area contributed by atoms with Gasteiger partial charge in [-0.05, 0) is 44.4 Å². The minimum absolute atomic E-state index is 0.112. The van der Waals surface area contributed by atoms with Gasteiger partial charge in [0, 0.05) is 23.6 Å². The Kier molecular flexibility index (Phi) is 3.72. The van der Waals surface area contributed by atoms with Gasteiger partial charge in [-0.25, -0.2) is 0 Å². The second-order valence-electron chi connectivity index (χ2n) is 5.97. The number of nitrogens with one attached hydrogen (secondary N) is 1. The van der Waals surface area contributed by atoms with Crippen molar-refractivity contribution in [3.8, 4) is 0 Å². The lowest BCUT2D eigenvalue weighted by Gasteiger charge is -2.32. The Morgan fingerprint density at radius 1 is 1.43 bits per heavy atom. The maximum Gasteiger partial charge on any atom is 0.325 e. The summed E-state index contributed by atoms with van der Waals surface area (Å²) in [6, 6.07) is 8.34. The minimum Gasteiger partial charge on any atom is -0.468 e. The van der Waals surface area contributed by atoms with Crippen molar-refractivity contribution in [2.24, 2.45) is 0 Å². The summed E-state index contributed by atoms with van der Waals surface area (Å²) in [5.41, 5.74) is 2.02. The third-order valence-electron chi connectivity index (χ3n) is 4.74. The molecule has 0 amide bonds. The van der Waals surface area contributed by atoms with Crippen molar-refractivity contribution < 1.29 is 9.53 Å². The summed E-state index contributed by atoms with van der Waals surface area (Å²) in [5.74, 6) is -0.112. The second kappa shape index (κ2) is 5.53. The normalized spacial score (nSPS) is 22.8. The fourth-order valence-electron chi connectivity index (χ4n) is 3.42. The Balaban J connectivity index is 1.74. The molecule has 1 atom stereocenters. The summed E-state index contributed by atoms with van der Waals surface area (Å²) in [6.45, 7) is 3.85. The van der Waals surface area contributed by atoms with E-state index >= 15 is 0 Å². The fraction of sp³-hybridized carbons (Fsp3) is 0.471. The van der Waals surface area contributed by atoms with E-state index < -0.39 is 5.54 Å².